The minimum atomic E-state index is -1.29. The van der Waals surface area contributed by atoms with E-state index < -0.39 is 48.3 Å². The van der Waals surface area contributed by atoms with Gasteiger partial charge in [0.15, 0.2) is 0 Å². The van der Waals surface area contributed by atoms with E-state index in [1.165, 1.54) is 29.2 Å². The molecular weight excluding hydrogens is 465 g/mol. The van der Waals surface area contributed by atoms with Gasteiger partial charge in [-0.3, -0.25) is 19.2 Å². The largest absolute Gasteiger partial charge is 0.480 e. The molecule has 9 heteroatoms. The van der Waals surface area contributed by atoms with Gasteiger partial charge in [-0.15, -0.1) is 0 Å². The lowest BCUT2D eigenvalue weighted by Crippen LogP contribution is -2.67. The van der Waals surface area contributed by atoms with Gasteiger partial charge in [0.25, 0.3) is 0 Å². The van der Waals surface area contributed by atoms with Crippen LogP contribution in [0.5, 0.6) is 0 Å². The van der Waals surface area contributed by atoms with E-state index in [0.29, 0.717) is 24.8 Å². The molecule has 3 N–H and O–H groups in total. The molecule has 2 aliphatic rings. The van der Waals surface area contributed by atoms with Crippen LogP contribution in [0.15, 0.2) is 48.5 Å². The van der Waals surface area contributed by atoms with E-state index in [9.17, 15) is 23.6 Å². The summed E-state index contributed by atoms with van der Waals surface area (Å²) in [7, 11) is 0. The minimum Gasteiger partial charge on any atom is -0.480 e. The number of benzene rings is 2. The fraction of sp³-hybridized carbons (Fsp3) is 0.407. The van der Waals surface area contributed by atoms with Gasteiger partial charge in [0, 0.05) is 0 Å². The number of nitrogens with one attached hydrogen (secondary N) is 2. The molecule has 190 valence electrons. The molecule has 0 unspecified atom stereocenters. The summed E-state index contributed by atoms with van der Waals surface area (Å²) < 4.78 is 13.7. The van der Waals surface area contributed by atoms with Crippen molar-refractivity contribution in [2.24, 2.45) is 11.8 Å². The van der Waals surface area contributed by atoms with Crippen LogP contribution < -0.4 is 10.6 Å². The molecule has 1 aliphatic carbocycles. The number of carboxylic acid groups (broad SMARTS) is 1. The van der Waals surface area contributed by atoms with Crippen molar-refractivity contribution in [2.45, 2.75) is 51.2 Å². The number of hydrogen-bond donors (Lipinski definition) is 3. The molecule has 1 heterocycles. The molecule has 0 bridgehead atoms. The second-order valence-electron chi connectivity index (χ2n) is 9.88. The number of halogens is 1. The Morgan fingerprint density at radius 3 is 2.25 bits per heavy atom. The number of hydrogen-bond acceptors (Lipinski definition) is 4. The van der Waals surface area contributed by atoms with Crippen LogP contribution >= 0.6 is 0 Å². The minimum absolute atomic E-state index is 0.0271. The van der Waals surface area contributed by atoms with Crippen molar-refractivity contribution in [2.75, 3.05) is 6.54 Å². The first-order chi connectivity index (χ1) is 17.2. The van der Waals surface area contributed by atoms with Crippen molar-refractivity contribution >= 4 is 23.7 Å². The molecule has 8 nitrogen and oxygen atoms in total. The highest BCUT2D eigenvalue weighted by Crippen LogP contribution is 2.35. The van der Waals surface area contributed by atoms with Gasteiger partial charge >= 0.3 is 5.97 Å². The van der Waals surface area contributed by atoms with Gasteiger partial charge in [-0.2, -0.15) is 0 Å². The molecule has 2 aromatic rings. The quantitative estimate of drug-likeness (QED) is 0.520. The topological polar surface area (TPSA) is 116 Å². The third-order valence-electron chi connectivity index (χ3n) is 6.83. The Bertz CT molecular complexity index is 1140. The molecule has 0 spiro atoms. The molecule has 1 aliphatic heterocycles. The zero-order chi connectivity index (χ0) is 26.0. The fourth-order valence-corrected chi connectivity index (χ4v) is 5.22. The maximum Gasteiger partial charge on any atom is 0.322 e. The number of amides is 3. The number of carbonyl (C=O) groups excluding carboxylic acids is 3. The van der Waals surface area contributed by atoms with Gasteiger partial charge in [-0.25, -0.2) is 4.39 Å². The first kappa shape index (κ1) is 25.3. The number of carbonyl (C=O) groups is 4. The van der Waals surface area contributed by atoms with Crippen LogP contribution in [0.25, 0.3) is 0 Å². The summed E-state index contributed by atoms with van der Waals surface area (Å²) in [4.78, 5) is 53.2. The van der Waals surface area contributed by atoms with Crippen molar-refractivity contribution in [1.29, 1.82) is 0 Å². The Hall–Kier alpha value is -3.75. The summed E-state index contributed by atoms with van der Waals surface area (Å²) in [5, 5.41) is 14.3. The lowest BCUT2D eigenvalue weighted by Gasteiger charge is -2.44. The molecule has 3 atom stereocenters. The van der Waals surface area contributed by atoms with Crippen molar-refractivity contribution < 1.29 is 28.7 Å². The maximum atomic E-state index is 14.1. The van der Waals surface area contributed by atoms with Crippen LogP contribution in [0, 0.1) is 17.7 Å². The smallest absolute Gasteiger partial charge is 0.322 e. The SMILES string of the molecule is CC(C)C[C@@H]1C(=O)N[C@H](C2Cc3ccccc3C2)C(=O)N1[C@@H](C(=O)NCC(=O)O)c1ccc(F)cc1. The molecule has 0 radical (unpaired) electrons. The Labute approximate surface area is 208 Å². The molecule has 1 saturated heterocycles. The monoisotopic (exact) mass is 495 g/mol. The third-order valence-corrected chi connectivity index (χ3v) is 6.83. The summed E-state index contributed by atoms with van der Waals surface area (Å²) >= 11 is 0. The Morgan fingerprint density at radius 1 is 1.08 bits per heavy atom. The molecule has 2 aromatic carbocycles. The van der Waals surface area contributed by atoms with Crippen LogP contribution in [-0.4, -0.2) is 52.3 Å². The van der Waals surface area contributed by atoms with E-state index in [1.807, 2.05) is 38.1 Å². The Balaban J connectivity index is 1.73. The lowest BCUT2D eigenvalue weighted by molar-refractivity contribution is -0.158. The zero-order valence-corrected chi connectivity index (χ0v) is 20.2. The second kappa shape index (κ2) is 10.5. The first-order valence-electron chi connectivity index (χ1n) is 12.1. The van der Waals surface area contributed by atoms with Crippen LogP contribution in [0.3, 0.4) is 0 Å². The summed E-state index contributed by atoms with van der Waals surface area (Å²) in [6, 6.07) is 9.91. The van der Waals surface area contributed by atoms with Gasteiger partial charge in [0.1, 0.15) is 30.5 Å². The highest BCUT2D eigenvalue weighted by molar-refractivity contribution is 6.00. The van der Waals surface area contributed by atoms with Crippen molar-refractivity contribution in [1.82, 2.24) is 15.5 Å². The average Bonchev–Trinajstić information content (AvgIpc) is 3.26. The van der Waals surface area contributed by atoms with Crippen molar-refractivity contribution in [3.8, 4) is 0 Å². The highest BCUT2D eigenvalue weighted by atomic mass is 19.1. The van der Waals surface area contributed by atoms with Gasteiger partial charge < -0.3 is 20.6 Å². The molecule has 4 rings (SSSR count). The first-order valence-corrected chi connectivity index (χ1v) is 12.1. The number of carboxylic acids is 1. The van der Waals surface area contributed by atoms with E-state index in [0.717, 1.165) is 11.1 Å². The van der Waals surface area contributed by atoms with E-state index >= 15 is 0 Å². The number of fused-ring (bicyclic) bond motifs is 1. The van der Waals surface area contributed by atoms with E-state index in [1.54, 1.807) is 0 Å². The predicted octanol–water partition coefficient (Wildman–Crippen LogP) is 2.22. The van der Waals surface area contributed by atoms with Gasteiger partial charge in [0.2, 0.25) is 17.7 Å². The van der Waals surface area contributed by atoms with Crippen molar-refractivity contribution in [3.05, 3.63) is 71.0 Å². The summed E-state index contributed by atoms with van der Waals surface area (Å²) in [6.45, 7) is 3.17. The van der Waals surface area contributed by atoms with Gasteiger partial charge in [-0.05, 0) is 59.9 Å². The van der Waals surface area contributed by atoms with Crippen LogP contribution in [0.1, 0.15) is 43.0 Å². The molecule has 3 amide bonds. The maximum absolute atomic E-state index is 14.1. The van der Waals surface area contributed by atoms with E-state index in [-0.39, 0.29) is 17.7 Å². The fourth-order valence-electron chi connectivity index (χ4n) is 5.22. The Morgan fingerprint density at radius 2 is 1.69 bits per heavy atom. The number of piperazine rings is 1. The molecule has 0 saturated carbocycles. The van der Waals surface area contributed by atoms with E-state index in [4.69, 9.17) is 5.11 Å². The highest BCUT2D eigenvalue weighted by Gasteiger charge is 2.49. The number of rotatable bonds is 8. The lowest BCUT2D eigenvalue weighted by atomic mass is 9.88. The molecular formula is C27H30FN3O5. The molecule has 1 fully saturated rings. The van der Waals surface area contributed by atoms with Crippen molar-refractivity contribution in [3.63, 3.8) is 0 Å². The van der Waals surface area contributed by atoms with Gasteiger partial charge in [-0.1, -0.05) is 50.2 Å². The summed E-state index contributed by atoms with van der Waals surface area (Å²) in [5.74, 6) is -3.43. The van der Waals surface area contributed by atoms with E-state index in [2.05, 4.69) is 10.6 Å². The van der Waals surface area contributed by atoms with Gasteiger partial charge in [0.05, 0.1) is 0 Å². The van der Waals surface area contributed by atoms with Crippen LogP contribution in [0.2, 0.25) is 0 Å². The normalized spacial score (nSPS) is 20.7. The zero-order valence-electron chi connectivity index (χ0n) is 20.2. The van der Waals surface area contributed by atoms with Crippen LogP contribution in [0.4, 0.5) is 4.39 Å². The number of aliphatic carboxylic acids is 1. The Kier molecular flexibility index (Phi) is 7.37. The van der Waals surface area contributed by atoms with Crippen LogP contribution in [-0.2, 0) is 32.0 Å². The second-order valence-corrected chi connectivity index (χ2v) is 9.88. The number of nitrogens with zero attached hydrogens (tertiary/aromatic N) is 1. The molecule has 36 heavy (non-hydrogen) atoms. The molecule has 0 aromatic heterocycles. The third kappa shape index (κ3) is 5.24. The summed E-state index contributed by atoms with van der Waals surface area (Å²) in [5.41, 5.74) is 2.54. The standard InChI is InChI=1S/C27H30FN3O5/c1-15(2)11-21-25(34)30-23(19-12-17-5-3-4-6-18(17)13-19)27(36)31(21)24(26(35)29-14-22(32)33)16-7-9-20(28)10-8-16/h3-10,15,19,21,23-24H,11-14H2,1-2H3,(H,29,35)(H,30,34)(H,32,33)/t21-,23-,24-/m1/s1. The predicted molar refractivity (Wildman–Crippen MR) is 129 cm³/mol. The average molecular weight is 496 g/mol. The summed E-state index contributed by atoms with van der Waals surface area (Å²) in [6.07, 6.45) is 1.53.